The highest BCUT2D eigenvalue weighted by molar-refractivity contribution is 7.09. The van der Waals surface area contributed by atoms with E-state index in [1.165, 1.54) is 30.6 Å². The minimum absolute atomic E-state index is 0.0366. The highest BCUT2D eigenvalue weighted by Crippen LogP contribution is 2.29. The van der Waals surface area contributed by atoms with E-state index in [0.717, 1.165) is 19.0 Å². The van der Waals surface area contributed by atoms with Crippen LogP contribution in [-0.2, 0) is 6.54 Å². The van der Waals surface area contributed by atoms with E-state index in [4.69, 9.17) is 5.73 Å². The molecule has 2 atom stereocenters. The molecule has 2 nitrogen and oxygen atoms in total. The van der Waals surface area contributed by atoms with Gasteiger partial charge in [-0.1, -0.05) is 25.8 Å². The molecular formula is C13H22N2S. The summed E-state index contributed by atoms with van der Waals surface area (Å²) in [7, 11) is 0. The minimum Gasteiger partial charge on any atom is -0.324 e. The Morgan fingerprint density at radius 1 is 1.62 bits per heavy atom. The van der Waals surface area contributed by atoms with Crippen molar-refractivity contribution in [2.75, 3.05) is 6.54 Å². The van der Waals surface area contributed by atoms with Gasteiger partial charge in [-0.3, -0.25) is 0 Å². The van der Waals surface area contributed by atoms with Crippen molar-refractivity contribution in [3.05, 3.63) is 22.4 Å². The van der Waals surface area contributed by atoms with E-state index >= 15 is 0 Å². The van der Waals surface area contributed by atoms with Crippen LogP contribution in [0.1, 0.15) is 37.5 Å². The molecule has 1 aromatic rings. The van der Waals surface area contributed by atoms with Crippen LogP contribution in [0.15, 0.2) is 17.5 Å². The molecule has 0 spiro atoms. The van der Waals surface area contributed by atoms with Crippen molar-refractivity contribution < 1.29 is 0 Å². The highest BCUT2D eigenvalue weighted by atomic mass is 32.1. The van der Waals surface area contributed by atoms with Crippen LogP contribution in [0, 0.1) is 5.92 Å². The molecule has 0 saturated heterocycles. The van der Waals surface area contributed by atoms with Crippen molar-refractivity contribution in [2.24, 2.45) is 11.7 Å². The summed E-state index contributed by atoms with van der Waals surface area (Å²) in [6.45, 7) is 4.24. The average Bonchev–Trinajstić information content (AvgIpc) is 2.69. The van der Waals surface area contributed by atoms with Crippen molar-refractivity contribution >= 4 is 11.3 Å². The van der Waals surface area contributed by atoms with Crippen LogP contribution < -0.4 is 11.1 Å². The van der Waals surface area contributed by atoms with E-state index in [0.29, 0.717) is 0 Å². The van der Waals surface area contributed by atoms with Crippen LogP contribution in [0.4, 0.5) is 0 Å². The zero-order chi connectivity index (χ0) is 11.4. The Labute approximate surface area is 102 Å². The van der Waals surface area contributed by atoms with Crippen molar-refractivity contribution in [1.82, 2.24) is 5.32 Å². The lowest BCUT2D eigenvalue weighted by molar-refractivity contribution is 0.229. The molecular weight excluding hydrogens is 216 g/mol. The average molecular weight is 238 g/mol. The smallest absolute Gasteiger partial charge is 0.0300 e. The van der Waals surface area contributed by atoms with Crippen LogP contribution in [0.25, 0.3) is 0 Å². The second-order valence-electron chi connectivity index (χ2n) is 5.25. The molecule has 0 bridgehead atoms. The molecule has 3 heteroatoms. The number of hydrogen-bond acceptors (Lipinski definition) is 3. The number of nitrogens with one attached hydrogen (secondary N) is 1. The maximum Gasteiger partial charge on any atom is 0.0300 e. The number of rotatable bonds is 4. The van der Waals surface area contributed by atoms with Gasteiger partial charge in [-0.05, 0) is 30.2 Å². The van der Waals surface area contributed by atoms with Gasteiger partial charge in [-0.15, -0.1) is 11.3 Å². The SMILES string of the molecule is CC1CCCC(N)(CNCc2cccs2)C1. The molecule has 2 rings (SSSR count). The fourth-order valence-electron chi connectivity index (χ4n) is 2.71. The van der Waals surface area contributed by atoms with Gasteiger partial charge in [-0.25, -0.2) is 0 Å². The van der Waals surface area contributed by atoms with Gasteiger partial charge in [0.05, 0.1) is 0 Å². The second-order valence-corrected chi connectivity index (χ2v) is 6.28. The Morgan fingerprint density at radius 3 is 3.19 bits per heavy atom. The Bertz CT molecular complexity index is 310. The van der Waals surface area contributed by atoms with E-state index in [2.05, 4.69) is 29.8 Å². The lowest BCUT2D eigenvalue weighted by Gasteiger charge is -2.37. The number of hydrogen-bond donors (Lipinski definition) is 2. The third kappa shape index (κ3) is 3.30. The molecule has 0 aliphatic heterocycles. The standard InChI is InChI=1S/C13H22N2S/c1-11-4-2-6-13(14,8-11)10-15-9-12-5-3-7-16-12/h3,5,7,11,15H,2,4,6,8-10,14H2,1H3. The molecule has 1 aliphatic rings. The third-order valence-electron chi connectivity index (χ3n) is 3.48. The number of thiophene rings is 1. The monoisotopic (exact) mass is 238 g/mol. The molecule has 3 N–H and O–H groups in total. The fraction of sp³-hybridized carbons (Fsp3) is 0.692. The maximum atomic E-state index is 6.43. The summed E-state index contributed by atoms with van der Waals surface area (Å²) >= 11 is 1.81. The van der Waals surface area contributed by atoms with Crippen LogP contribution >= 0.6 is 11.3 Å². The van der Waals surface area contributed by atoms with Crippen LogP contribution in [0.2, 0.25) is 0 Å². The summed E-state index contributed by atoms with van der Waals surface area (Å²) in [4.78, 5) is 1.40. The molecule has 16 heavy (non-hydrogen) atoms. The van der Waals surface area contributed by atoms with Gasteiger partial charge in [0.15, 0.2) is 0 Å². The molecule has 1 heterocycles. The zero-order valence-corrected chi connectivity index (χ0v) is 10.9. The Hall–Kier alpha value is -0.380. The minimum atomic E-state index is 0.0366. The molecule has 1 aliphatic carbocycles. The van der Waals surface area contributed by atoms with Crippen LogP contribution in [0.5, 0.6) is 0 Å². The van der Waals surface area contributed by atoms with E-state index in [1.54, 1.807) is 11.3 Å². The van der Waals surface area contributed by atoms with Gasteiger partial charge in [-0.2, -0.15) is 0 Å². The molecule has 0 amide bonds. The van der Waals surface area contributed by atoms with E-state index in [9.17, 15) is 0 Å². The molecule has 1 fully saturated rings. The van der Waals surface area contributed by atoms with Gasteiger partial charge < -0.3 is 11.1 Å². The summed E-state index contributed by atoms with van der Waals surface area (Å²) in [6.07, 6.45) is 4.99. The summed E-state index contributed by atoms with van der Waals surface area (Å²) in [6, 6.07) is 4.27. The van der Waals surface area contributed by atoms with Gasteiger partial charge in [0.2, 0.25) is 0 Å². The molecule has 1 saturated carbocycles. The Morgan fingerprint density at radius 2 is 2.50 bits per heavy atom. The molecule has 0 aromatic carbocycles. The molecule has 1 aromatic heterocycles. The first-order chi connectivity index (χ1) is 7.68. The van der Waals surface area contributed by atoms with Gasteiger partial charge in [0, 0.05) is 23.5 Å². The predicted octanol–water partition coefficient (Wildman–Crippen LogP) is 2.75. The van der Waals surface area contributed by atoms with Gasteiger partial charge in [0.25, 0.3) is 0 Å². The first-order valence-corrected chi connectivity index (χ1v) is 7.08. The van der Waals surface area contributed by atoms with Gasteiger partial charge >= 0.3 is 0 Å². The normalized spacial score (nSPS) is 30.5. The zero-order valence-electron chi connectivity index (χ0n) is 10.0. The van der Waals surface area contributed by atoms with E-state index < -0.39 is 0 Å². The Kier molecular flexibility index (Phi) is 4.00. The van der Waals surface area contributed by atoms with Crippen LogP contribution in [0.3, 0.4) is 0 Å². The summed E-state index contributed by atoms with van der Waals surface area (Å²) in [5, 5.41) is 5.63. The van der Waals surface area contributed by atoms with Crippen molar-refractivity contribution in [3.8, 4) is 0 Å². The van der Waals surface area contributed by atoms with E-state index in [1.807, 2.05) is 0 Å². The molecule has 2 unspecified atom stereocenters. The topological polar surface area (TPSA) is 38.0 Å². The van der Waals surface area contributed by atoms with E-state index in [-0.39, 0.29) is 5.54 Å². The number of nitrogens with two attached hydrogens (primary N) is 1. The molecule has 90 valence electrons. The highest BCUT2D eigenvalue weighted by Gasteiger charge is 2.30. The Balaban J connectivity index is 1.76. The fourth-order valence-corrected chi connectivity index (χ4v) is 3.38. The predicted molar refractivity (Wildman–Crippen MR) is 70.6 cm³/mol. The molecule has 0 radical (unpaired) electrons. The first-order valence-electron chi connectivity index (χ1n) is 6.20. The van der Waals surface area contributed by atoms with Gasteiger partial charge in [0.1, 0.15) is 0 Å². The lowest BCUT2D eigenvalue weighted by Crippen LogP contribution is -2.51. The first kappa shape index (κ1) is 12.1. The summed E-state index contributed by atoms with van der Waals surface area (Å²) < 4.78 is 0. The second kappa shape index (κ2) is 5.30. The summed E-state index contributed by atoms with van der Waals surface area (Å²) in [5.41, 5.74) is 6.47. The van der Waals surface area contributed by atoms with Crippen molar-refractivity contribution in [2.45, 2.75) is 44.7 Å². The lowest BCUT2D eigenvalue weighted by atomic mass is 9.77. The third-order valence-corrected chi connectivity index (χ3v) is 4.36. The van der Waals surface area contributed by atoms with Crippen LogP contribution in [-0.4, -0.2) is 12.1 Å². The quantitative estimate of drug-likeness (QED) is 0.846. The largest absolute Gasteiger partial charge is 0.324 e. The summed E-state index contributed by atoms with van der Waals surface area (Å²) in [5.74, 6) is 0.794. The van der Waals surface area contributed by atoms with Crippen molar-refractivity contribution in [1.29, 1.82) is 0 Å². The van der Waals surface area contributed by atoms with Crippen molar-refractivity contribution in [3.63, 3.8) is 0 Å². The maximum absolute atomic E-state index is 6.43.